The van der Waals surface area contributed by atoms with Crippen LogP contribution in [-0.4, -0.2) is 22.5 Å². The number of hydrogen-bond acceptors (Lipinski definition) is 5. The molecule has 0 aromatic carbocycles. The molecule has 2 aromatic rings. The molecule has 0 fully saturated rings. The van der Waals surface area contributed by atoms with E-state index in [1.165, 1.54) is 6.07 Å². The number of rotatable bonds is 6. The van der Waals surface area contributed by atoms with E-state index in [-0.39, 0.29) is 18.1 Å². The number of pyridine rings is 1. The van der Waals surface area contributed by atoms with Gasteiger partial charge < -0.3 is 14.8 Å². The molecule has 24 heavy (non-hydrogen) atoms. The molecule has 2 N–H and O–H groups in total. The van der Waals surface area contributed by atoms with Gasteiger partial charge in [0.1, 0.15) is 5.76 Å². The number of hydrogen-bond donors (Lipinski definition) is 2. The van der Waals surface area contributed by atoms with Crippen molar-refractivity contribution >= 4 is 5.91 Å². The third kappa shape index (κ3) is 4.44. The van der Waals surface area contributed by atoms with Crippen molar-refractivity contribution in [1.29, 1.82) is 0 Å². The Kier molecular flexibility index (Phi) is 5.39. The second-order valence-corrected chi connectivity index (χ2v) is 6.38. The van der Waals surface area contributed by atoms with Gasteiger partial charge in [-0.3, -0.25) is 14.6 Å². The van der Waals surface area contributed by atoms with Crippen molar-refractivity contribution in [3.05, 3.63) is 57.9 Å². The van der Waals surface area contributed by atoms with E-state index in [0.717, 1.165) is 5.69 Å². The first-order valence-electron chi connectivity index (χ1n) is 7.80. The zero-order valence-electron chi connectivity index (χ0n) is 14.1. The summed E-state index contributed by atoms with van der Waals surface area (Å²) in [5.41, 5.74) is -0.401. The van der Waals surface area contributed by atoms with Crippen molar-refractivity contribution < 1.29 is 14.3 Å². The van der Waals surface area contributed by atoms with Crippen molar-refractivity contribution in [3.63, 3.8) is 0 Å². The van der Waals surface area contributed by atoms with Gasteiger partial charge in [0.25, 0.3) is 0 Å². The molecule has 6 heteroatoms. The Morgan fingerprint density at radius 1 is 1.38 bits per heavy atom. The summed E-state index contributed by atoms with van der Waals surface area (Å²) < 4.78 is 5.49. The summed E-state index contributed by atoms with van der Waals surface area (Å²) in [6.45, 7) is 5.61. The Morgan fingerprint density at radius 3 is 2.79 bits per heavy atom. The van der Waals surface area contributed by atoms with Gasteiger partial charge in [0.05, 0.1) is 0 Å². The second kappa shape index (κ2) is 7.29. The van der Waals surface area contributed by atoms with Gasteiger partial charge in [-0.15, -0.1) is 0 Å². The molecule has 0 saturated carbocycles. The lowest BCUT2D eigenvalue weighted by Crippen LogP contribution is -2.33. The standard InChI is InChI=1S/C18H22N2O4/c1-12-10-14(21)16(23)17(24-12)18(2,3)11-15(22)20-9-7-13-6-4-5-8-19-13/h4-6,8,10,23H,7,9,11H2,1-3H3,(H,20,22). The van der Waals surface area contributed by atoms with Gasteiger partial charge >= 0.3 is 0 Å². The molecule has 0 spiro atoms. The lowest BCUT2D eigenvalue weighted by Gasteiger charge is -2.23. The number of carbonyl (C=O) groups is 1. The fourth-order valence-electron chi connectivity index (χ4n) is 2.48. The summed E-state index contributed by atoms with van der Waals surface area (Å²) in [6, 6.07) is 6.86. The number of aromatic hydroxyl groups is 1. The molecule has 0 saturated heterocycles. The molecular formula is C18H22N2O4. The summed E-state index contributed by atoms with van der Waals surface area (Å²) in [5, 5.41) is 12.8. The third-order valence-electron chi connectivity index (χ3n) is 3.69. The number of nitrogens with one attached hydrogen (secondary N) is 1. The molecule has 0 atom stereocenters. The fraction of sp³-hybridized carbons (Fsp3) is 0.389. The quantitative estimate of drug-likeness (QED) is 0.846. The van der Waals surface area contributed by atoms with Crippen LogP contribution in [0.25, 0.3) is 0 Å². The monoisotopic (exact) mass is 330 g/mol. The number of carbonyl (C=O) groups excluding carboxylic acids is 1. The maximum atomic E-state index is 12.2. The zero-order chi connectivity index (χ0) is 17.7. The smallest absolute Gasteiger partial charge is 0.227 e. The zero-order valence-corrected chi connectivity index (χ0v) is 14.1. The van der Waals surface area contributed by atoms with E-state index >= 15 is 0 Å². The molecule has 0 bridgehead atoms. The van der Waals surface area contributed by atoms with Crippen LogP contribution in [0.4, 0.5) is 0 Å². The molecule has 0 aliphatic carbocycles. The SMILES string of the molecule is Cc1cc(=O)c(O)c(C(C)(C)CC(=O)NCCc2ccccn2)o1. The van der Waals surface area contributed by atoms with E-state index in [9.17, 15) is 14.7 Å². The van der Waals surface area contributed by atoms with Crippen LogP contribution in [0.5, 0.6) is 5.75 Å². The second-order valence-electron chi connectivity index (χ2n) is 6.38. The first kappa shape index (κ1) is 17.7. The largest absolute Gasteiger partial charge is 0.502 e. The van der Waals surface area contributed by atoms with Crippen LogP contribution < -0.4 is 10.7 Å². The highest BCUT2D eigenvalue weighted by atomic mass is 16.4. The van der Waals surface area contributed by atoms with E-state index in [2.05, 4.69) is 10.3 Å². The highest BCUT2D eigenvalue weighted by Gasteiger charge is 2.31. The number of aryl methyl sites for hydroxylation is 1. The summed E-state index contributed by atoms with van der Waals surface area (Å²) in [5.74, 6) is -0.0878. The lowest BCUT2D eigenvalue weighted by atomic mass is 9.85. The topological polar surface area (TPSA) is 92.4 Å². The Bertz CT molecular complexity index is 766. The minimum Gasteiger partial charge on any atom is -0.502 e. The first-order valence-corrected chi connectivity index (χ1v) is 7.80. The maximum Gasteiger partial charge on any atom is 0.227 e. The van der Waals surface area contributed by atoms with E-state index in [0.29, 0.717) is 18.7 Å². The van der Waals surface area contributed by atoms with Crippen LogP contribution in [-0.2, 0) is 16.6 Å². The van der Waals surface area contributed by atoms with Crippen LogP contribution in [0.3, 0.4) is 0 Å². The molecule has 1 amide bonds. The van der Waals surface area contributed by atoms with Gasteiger partial charge in [-0.05, 0) is 19.1 Å². The number of aromatic nitrogens is 1. The molecule has 0 aliphatic heterocycles. The molecule has 0 unspecified atom stereocenters. The minimum atomic E-state index is -0.801. The molecule has 2 heterocycles. The lowest BCUT2D eigenvalue weighted by molar-refractivity contribution is -0.122. The van der Waals surface area contributed by atoms with Crippen LogP contribution in [0.15, 0.2) is 39.7 Å². The molecule has 128 valence electrons. The maximum absolute atomic E-state index is 12.2. The summed E-state index contributed by atoms with van der Waals surface area (Å²) in [4.78, 5) is 28.1. The van der Waals surface area contributed by atoms with Gasteiger partial charge in [0, 0.05) is 42.8 Å². The minimum absolute atomic E-state index is 0.0924. The Balaban J connectivity index is 1.98. The molecular weight excluding hydrogens is 308 g/mol. The number of nitrogens with zero attached hydrogens (tertiary/aromatic N) is 1. The summed E-state index contributed by atoms with van der Waals surface area (Å²) in [6.07, 6.45) is 2.44. The van der Waals surface area contributed by atoms with Crippen LogP contribution in [0.2, 0.25) is 0 Å². The van der Waals surface area contributed by atoms with Crippen molar-refractivity contribution in [2.24, 2.45) is 0 Å². The van der Waals surface area contributed by atoms with Gasteiger partial charge in [-0.2, -0.15) is 0 Å². The van der Waals surface area contributed by atoms with Gasteiger partial charge in [0.2, 0.25) is 17.1 Å². The number of amides is 1. The van der Waals surface area contributed by atoms with Gasteiger partial charge in [-0.25, -0.2) is 0 Å². The molecule has 0 aliphatic rings. The molecule has 2 aromatic heterocycles. The van der Waals surface area contributed by atoms with Crippen LogP contribution >= 0.6 is 0 Å². The average molecular weight is 330 g/mol. The fourth-order valence-corrected chi connectivity index (χ4v) is 2.48. The Hall–Kier alpha value is -2.63. The third-order valence-corrected chi connectivity index (χ3v) is 3.69. The van der Waals surface area contributed by atoms with Crippen molar-refractivity contribution in [2.45, 2.75) is 39.0 Å². The summed E-state index contributed by atoms with van der Waals surface area (Å²) in [7, 11) is 0. The normalized spacial score (nSPS) is 11.3. The highest BCUT2D eigenvalue weighted by molar-refractivity contribution is 5.77. The van der Waals surface area contributed by atoms with Crippen molar-refractivity contribution in [1.82, 2.24) is 10.3 Å². The van der Waals surface area contributed by atoms with Crippen LogP contribution in [0.1, 0.15) is 37.5 Å². The van der Waals surface area contributed by atoms with E-state index in [1.54, 1.807) is 27.0 Å². The highest BCUT2D eigenvalue weighted by Crippen LogP contribution is 2.32. The molecule has 0 radical (unpaired) electrons. The van der Waals surface area contributed by atoms with Crippen molar-refractivity contribution in [3.8, 4) is 5.75 Å². The van der Waals surface area contributed by atoms with Gasteiger partial charge in [-0.1, -0.05) is 19.9 Å². The predicted octanol–water partition coefficient (Wildman–Crippen LogP) is 2.08. The van der Waals surface area contributed by atoms with Crippen molar-refractivity contribution in [2.75, 3.05) is 6.54 Å². The van der Waals surface area contributed by atoms with Gasteiger partial charge in [0.15, 0.2) is 5.76 Å². The summed E-state index contributed by atoms with van der Waals surface area (Å²) >= 11 is 0. The van der Waals surface area contributed by atoms with E-state index in [4.69, 9.17) is 4.42 Å². The first-order chi connectivity index (χ1) is 11.3. The van der Waals surface area contributed by atoms with Crippen LogP contribution in [0, 0.1) is 6.92 Å². The molecule has 2 rings (SSSR count). The Labute approximate surface area is 140 Å². The Morgan fingerprint density at radius 2 is 2.12 bits per heavy atom. The van der Waals surface area contributed by atoms with E-state index < -0.39 is 16.6 Å². The predicted molar refractivity (Wildman–Crippen MR) is 90.0 cm³/mol. The average Bonchev–Trinajstić information content (AvgIpc) is 2.51. The van der Waals surface area contributed by atoms with E-state index in [1.807, 2.05) is 18.2 Å². The molecule has 6 nitrogen and oxygen atoms in total.